The molecule has 1 atom stereocenters. The molecule has 1 N–H and O–H groups in total. The number of piperidine rings is 1. The first-order valence-electron chi connectivity index (χ1n) is 9.58. The Balaban J connectivity index is 1.85. The molecule has 6 heteroatoms. The number of carboxylic acids is 1. The van der Waals surface area contributed by atoms with Crippen molar-refractivity contribution in [1.29, 1.82) is 0 Å². The SMILES string of the molecule is CC(C)Cc1ccc(CC(=O)N(C)CC(=O)N2CCCC(C(=O)O)C2)cc1. The second kappa shape index (κ2) is 9.53. The zero-order chi connectivity index (χ0) is 20.0. The highest BCUT2D eigenvalue weighted by Crippen LogP contribution is 2.17. The van der Waals surface area contributed by atoms with Crippen molar-refractivity contribution in [2.24, 2.45) is 11.8 Å². The van der Waals surface area contributed by atoms with Crippen LogP contribution in [-0.2, 0) is 27.2 Å². The van der Waals surface area contributed by atoms with E-state index in [0.717, 1.165) is 12.0 Å². The molecule has 1 aromatic rings. The number of carboxylic acid groups (broad SMARTS) is 1. The molecule has 1 fully saturated rings. The molecule has 0 spiro atoms. The molecule has 2 rings (SSSR count). The summed E-state index contributed by atoms with van der Waals surface area (Å²) in [6, 6.07) is 8.03. The molecule has 1 aromatic carbocycles. The number of rotatable bonds is 7. The first kappa shape index (κ1) is 20.9. The third-order valence-corrected chi connectivity index (χ3v) is 4.94. The summed E-state index contributed by atoms with van der Waals surface area (Å²) in [4.78, 5) is 39.0. The number of amides is 2. The van der Waals surface area contributed by atoms with Gasteiger partial charge in [-0.15, -0.1) is 0 Å². The van der Waals surface area contributed by atoms with Crippen molar-refractivity contribution in [1.82, 2.24) is 9.80 Å². The Morgan fingerprint density at radius 1 is 1.19 bits per heavy atom. The van der Waals surface area contributed by atoms with E-state index in [0.29, 0.717) is 25.3 Å². The van der Waals surface area contributed by atoms with Crippen LogP contribution in [0.2, 0.25) is 0 Å². The van der Waals surface area contributed by atoms with Crippen LogP contribution in [0, 0.1) is 11.8 Å². The summed E-state index contributed by atoms with van der Waals surface area (Å²) in [5, 5.41) is 9.14. The Bertz CT molecular complexity index is 669. The van der Waals surface area contributed by atoms with Crippen molar-refractivity contribution in [2.45, 2.75) is 39.5 Å². The fourth-order valence-electron chi connectivity index (χ4n) is 3.37. The van der Waals surface area contributed by atoms with E-state index in [1.807, 2.05) is 24.3 Å². The third-order valence-electron chi connectivity index (χ3n) is 4.94. The van der Waals surface area contributed by atoms with E-state index in [9.17, 15) is 14.4 Å². The molecule has 0 aliphatic carbocycles. The number of benzene rings is 1. The molecule has 0 aromatic heterocycles. The highest BCUT2D eigenvalue weighted by molar-refractivity contribution is 5.86. The van der Waals surface area contributed by atoms with Gasteiger partial charge >= 0.3 is 5.97 Å². The van der Waals surface area contributed by atoms with Crippen molar-refractivity contribution in [2.75, 3.05) is 26.7 Å². The molecule has 0 bridgehead atoms. The monoisotopic (exact) mass is 374 g/mol. The maximum absolute atomic E-state index is 12.4. The van der Waals surface area contributed by atoms with Gasteiger partial charge in [-0.05, 0) is 36.3 Å². The maximum Gasteiger partial charge on any atom is 0.308 e. The molecule has 1 aliphatic heterocycles. The van der Waals surface area contributed by atoms with Crippen LogP contribution in [0.25, 0.3) is 0 Å². The van der Waals surface area contributed by atoms with Gasteiger partial charge in [0, 0.05) is 20.1 Å². The van der Waals surface area contributed by atoms with Gasteiger partial charge in [0.1, 0.15) is 0 Å². The Labute approximate surface area is 161 Å². The molecule has 1 saturated heterocycles. The lowest BCUT2D eigenvalue weighted by Crippen LogP contribution is -2.47. The molecule has 6 nitrogen and oxygen atoms in total. The first-order valence-corrected chi connectivity index (χ1v) is 9.58. The van der Waals surface area contributed by atoms with Gasteiger partial charge in [0.25, 0.3) is 0 Å². The number of likely N-dealkylation sites (tertiary alicyclic amines) is 1. The summed E-state index contributed by atoms with van der Waals surface area (Å²) in [5.74, 6) is -1.09. The number of likely N-dealkylation sites (N-methyl/N-ethyl adjacent to an activating group) is 1. The molecule has 1 aliphatic rings. The van der Waals surface area contributed by atoms with E-state index in [2.05, 4.69) is 13.8 Å². The highest BCUT2D eigenvalue weighted by Gasteiger charge is 2.28. The minimum atomic E-state index is -0.863. The van der Waals surface area contributed by atoms with E-state index < -0.39 is 11.9 Å². The average molecular weight is 374 g/mol. The van der Waals surface area contributed by atoms with Gasteiger partial charge < -0.3 is 14.9 Å². The van der Waals surface area contributed by atoms with E-state index in [4.69, 9.17) is 5.11 Å². The fourth-order valence-corrected chi connectivity index (χ4v) is 3.37. The van der Waals surface area contributed by atoms with E-state index in [-0.39, 0.29) is 31.3 Å². The standard InChI is InChI=1S/C21H30N2O4/c1-15(2)11-16-6-8-17(9-7-16)12-19(24)22(3)14-20(25)23-10-4-5-18(13-23)21(26)27/h6-9,15,18H,4-5,10-14H2,1-3H3,(H,26,27). The fraction of sp³-hybridized carbons (Fsp3) is 0.571. The molecular formula is C21H30N2O4. The lowest BCUT2D eigenvalue weighted by molar-refractivity contribution is -0.147. The Morgan fingerprint density at radius 2 is 1.81 bits per heavy atom. The molecule has 1 heterocycles. The van der Waals surface area contributed by atoms with Crippen molar-refractivity contribution in [3.05, 3.63) is 35.4 Å². The molecule has 148 valence electrons. The smallest absolute Gasteiger partial charge is 0.308 e. The number of carbonyl (C=O) groups excluding carboxylic acids is 2. The predicted octanol–water partition coefficient (Wildman–Crippen LogP) is 2.21. The number of aliphatic carboxylic acids is 1. The quantitative estimate of drug-likeness (QED) is 0.794. The first-order chi connectivity index (χ1) is 12.8. The lowest BCUT2D eigenvalue weighted by atomic mass is 9.98. The Morgan fingerprint density at radius 3 is 2.41 bits per heavy atom. The largest absolute Gasteiger partial charge is 0.481 e. The Kier molecular flexibility index (Phi) is 7.39. The average Bonchev–Trinajstić information content (AvgIpc) is 2.62. The van der Waals surface area contributed by atoms with E-state index in [1.54, 1.807) is 11.9 Å². The second-order valence-electron chi connectivity index (χ2n) is 7.86. The van der Waals surface area contributed by atoms with Gasteiger partial charge in [-0.2, -0.15) is 0 Å². The van der Waals surface area contributed by atoms with Crippen LogP contribution in [-0.4, -0.2) is 59.4 Å². The molecule has 0 radical (unpaired) electrons. The van der Waals surface area contributed by atoms with Gasteiger partial charge in [0.2, 0.25) is 11.8 Å². The summed E-state index contributed by atoms with van der Waals surface area (Å²) in [7, 11) is 1.62. The molecular weight excluding hydrogens is 344 g/mol. The second-order valence-corrected chi connectivity index (χ2v) is 7.86. The van der Waals surface area contributed by atoms with Gasteiger partial charge in [0.05, 0.1) is 18.9 Å². The van der Waals surface area contributed by atoms with Crippen LogP contribution in [0.5, 0.6) is 0 Å². The van der Waals surface area contributed by atoms with Crippen LogP contribution < -0.4 is 0 Å². The number of nitrogens with zero attached hydrogens (tertiary/aromatic N) is 2. The van der Waals surface area contributed by atoms with Crippen molar-refractivity contribution in [3.8, 4) is 0 Å². The van der Waals surface area contributed by atoms with E-state index >= 15 is 0 Å². The summed E-state index contributed by atoms with van der Waals surface area (Å²) in [5.41, 5.74) is 2.18. The van der Waals surface area contributed by atoms with Crippen LogP contribution in [0.3, 0.4) is 0 Å². The maximum atomic E-state index is 12.4. The number of hydrogen-bond acceptors (Lipinski definition) is 3. The van der Waals surface area contributed by atoms with Crippen molar-refractivity contribution >= 4 is 17.8 Å². The van der Waals surface area contributed by atoms with Gasteiger partial charge in [-0.25, -0.2) is 0 Å². The lowest BCUT2D eigenvalue weighted by Gasteiger charge is -2.32. The van der Waals surface area contributed by atoms with Gasteiger partial charge in [0.15, 0.2) is 0 Å². The Hall–Kier alpha value is -2.37. The van der Waals surface area contributed by atoms with Gasteiger partial charge in [-0.1, -0.05) is 38.1 Å². The molecule has 0 saturated carbocycles. The molecule has 27 heavy (non-hydrogen) atoms. The normalized spacial score (nSPS) is 17.0. The summed E-state index contributed by atoms with van der Waals surface area (Å²) < 4.78 is 0. The zero-order valence-corrected chi connectivity index (χ0v) is 16.5. The topological polar surface area (TPSA) is 77.9 Å². The zero-order valence-electron chi connectivity index (χ0n) is 16.5. The minimum absolute atomic E-state index is 0.0173. The minimum Gasteiger partial charge on any atom is -0.481 e. The predicted molar refractivity (Wildman–Crippen MR) is 103 cm³/mol. The highest BCUT2D eigenvalue weighted by atomic mass is 16.4. The number of carbonyl (C=O) groups is 3. The molecule has 1 unspecified atom stereocenters. The van der Waals surface area contributed by atoms with Crippen molar-refractivity contribution in [3.63, 3.8) is 0 Å². The van der Waals surface area contributed by atoms with Crippen LogP contribution in [0.4, 0.5) is 0 Å². The van der Waals surface area contributed by atoms with E-state index in [1.165, 1.54) is 10.5 Å². The summed E-state index contributed by atoms with van der Waals surface area (Å²) in [6.07, 6.45) is 2.54. The van der Waals surface area contributed by atoms with Crippen LogP contribution in [0.1, 0.15) is 37.8 Å². The van der Waals surface area contributed by atoms with Crippen LogP contribution >= 0.6 is 0 Å². The summed E-state index contributed by atoms with van der Waals surface area (Å²) >= 11 is 0. The molecule has 2 amide bonds. The van der Waals surface area contributed by atoms with Crippen molar-refractivity contribution < 1.29 is 19.5 Å². The number of hydrogen-bond donors (Lipinski definition) is 1. The van der Waals surface area contributed by atoms with Crippen LogP contribution in [0.15, 0.2) is 24.3 Å². The summed E-state index contributed by atoms with van der Waals surface area (Å²) in [6.45, 7) is 5.11. The van der Waals surface area contributed by atoms with Gasteiger partial charge in [-0.3, -0.25) is 14.4 Å². The third kappa shape index (κ3) is 6.38.